The number of nitrogens with one attached hydrogen (secondary N) is 1. The summed E-state index contributed by atoms with van der Waals surface area (Å²) in [6.07, 6.45) is 38.5. The van der Waals surface area contributed by atoms with Gasteiger partial charge in [0.05, 0.1) is 62.9 Å². The molecule has 5 N–H and O–H groups in total. The lowest BCUT2D eigenvalue weighted by Gasteiger charge is -2.39. The molecule has 5 saturated carbocycles. The average molecular weight is 2130 g/mol. The average Bonchev–Trinajstić information content (AvgIpc) is 1.60. The number of aryl methyl sites for hydroxylation is 4. The van der Waals surface area contributed by atoms with Crippen molar-refractivity contribution >= 4 is 62.6 Å². The first-order valence-electron chi connectivity index (χ1n) is 55.7. The molecule has 0 unspecified atom stereocenters. The smallest absolute Gasteiger partial charge is 0.418 e. The highest BCUT2D eigenvalue weighted by Gasteiger charge is 2.54. The number of benzene rings is 2. The second-order valence-corrected chi connectivity index (χ2v) is 47.1. The summed E-state index contributed by atoms with van der Waals surface area (Å²) in [5.41, 5.74) is 7.82. The minimum absolute atomic E-state index is 0.0308. The van der Waals surface area contributed by atoms with Gasteiger partial charge in [-0.25, -0.2) is 37.5 Å². The predicted octanol–water partition coefficient (Wildman–Crippen LogP) is 16.2. The van der Waals surface area contributed by atoms with Gasteiger partial charge in [0.2, 0.25) is 63.4 Å². The van der Waals surface area contributed by atoms with Crippen molar-refractivity contribution < 1.29 is 105 Å². The van der Waals surface area contributed by atoms with Gasteiger partial charge in [0.25, 0.3) is 0 Å². The largest absolute Gasteiger partial charge is 0.724 e. The minimum atomic E-state index is -5.00. The molecular formula is C105H159N21O22S2. The van der Waals surface area contributed by atoms with E-state index in [2.05, 4.69) is 110 Å². The molecule has 0 spiro atoms. The molecule has 21 rings (SSSR count). The van der Waals surface area contributed by atoms with Crippen molar-refractivity contribution in [1.82, 2.24) is 95.9 Å². The molecule has 6 aromatic rings. The highest BCUT2D eigenvalue weighted by atomic mass is 32.3. The van der Waals surface area contributed by atoms with Gasteiger partial charge in [0.1, 0.15) is 43.4 Å². The summed E-state index contributed by atoms with van der Waals surface area (Å²) in [5.74, 6) is 10.9. The van der Waals surface area contributed by atoms with Crippen molar-refractivity contribution in [1.29, 1.82) is 0 Å². The summed E-state index contributed by atoms with van der Waals surface area (Å²) < 4.78 is 96.5. The molecule has 45 heteroatoms. The lowest BCUT2D eigenvalue weighted by atomic mass is 9.74. The number of unbranched alkanes of at least 4 members (excludes halogenated alkanes) is 4. The van der Waals surface area contributed by atoms with E-state index < -0.39 is 63.1 Å². The van der Waals surface area contributed by atoms with E-state index in [0.717, 1.165) is 148 Å². The van der Waals surface area contributed by atoms with E-state index in [0.29, 0.717) is 159 Å². The lowest BCUT2D eigenvalue weighted by Crippen LogP contribution is -2.50. The Bertz CT molecular complexity index is 5450. The molecule has 15 fully saturated rings. The zero-order valence-corrected chi connectivity index (χ0v) is 90.3. The number of carbonyl (C=O) groups is 7. The molecule has 15 aliphatic rings. The lowest BCUT2D eigenvalue weighted by molar-refractivity contribution is -0.929. The molecule has 10 atom stereocenters. The molecule has 10 saturated heterocycles. The Hall–Kier alpha value is -9.97. The van der Waals surface area contributed by atoms with Crippen molar-refractivity contribution in [2.24, 2.45) is 59.0 Å². The van der Waals surface area contributed by atoms with Crippen LogP contribution in [0.15, 0.2) is 78.3 Å². The summed E-state index contributed by atoms with van der Waals surface area (Å²) in [7, 11) is -9.75. The summed E-state index contributed by atoms with van der Waals surface area (Å²) in [4.78, 5) is 107. The maximum atomic E-state index is 12.9. The number of Topliss-reactive ketones (excluding diaryl/α,β-unsaturated/α-hetero) is 1. The van der Waals surface area contributed by atoms with E-state index in [9.17, 15) is 60.2 Å². The second-order valence-electron chi connectivity index (χ2n) is 45.2. The van der Waals surface area contributed by atoms with E-state index >= 15 is 0 Å². The predicted molar refractivity (Wildman–Crippen MR) is 543 cm³/mol. The number of hydroxylamine groups is 10. The monoisotopic (exact) mass is 2130 g/mol. The van der Waals surface area contributed by atoms with E-state index in [1.165, 1.54) is 148 Å². The van der Waals surface area contributed by atoms with Crippen LogP contribution in [0.2, 0.25) is 0 Å². The fourth-order valence-corrected chi connectivity index (χ4v) is 25.4. The van der Waals surface area contributed by atoms with Gasteiger partial charge in [-0.1, -0.05) is 142 Å². The van der Waals surface area contributed by atoms with Gasteiger partial charge in [-0.15, -0.1) is 45.1 Å². The summed E-state index contributed by atoms with van der Waals surface area (Å²) in [6, 6.07) is 15.3. The van der Waals surface area contributed by atoms with Crippen LogP contribution in [0.5, 0.6) is 0 Å². The first kappa shape index (κ1) is 113. The number of urea groups is 5. The SMILES string of the molecule is CC1CC(CCC(=O)CNC(=O)[C@@H]2CC[C@@H]3CN2C(=O)N3OCc2ccccc2)C1.CC1CC(CCc2nnc([C@@H]3CC[C@@H]4CN3C(=O)N4O)o2)C1.CC1CC(CCc2nnc([C@@H]3CC[C@@H]4CN3C(=O)N4OCc3ccccc3)o2)C1.CC1CC(CCc2nnc([C@@H]3CC[C@@H]4CN3C(=O)N4OS(=O)(=O)[O-])o2)C1.CCCC[N+](CCCC)(CCCC)CCCC.NC1CC(CCc2nnc([C@@H]3CC[C@@H]4CN3C(=O)N4OS(=O)(=O)O)o2)C1. The van der Waals surface area contributed by atoms with Gasteiger partial charge >= 0.3 is 40.6 Å². The summed E-state index contributed by atoms with van der Waals surface area (Å²) in [6.45, 7) is 27.1. The van der Waals surface area contributed by atoms with Gasteiger partial charge < -0.3 is 62.3 Å². The van der Waals surface area contributed by atoms with E-state index in [1.807, 2.05) is 65.6 Å². The van der Waals surface area contributed by atoms with Crippen LogP contribution in [0.4, 0.5) is 24.0 Å². The maximum absolute atomic E-state index is 12.9. The fourth-order valence-electron chi connectivity index (χ4n) is 24.6. The number of fused-ring (bicyclic) bond motifs is 10. The number of carbonyl (C=O) groups excluding carboxylic acids is 7. The Labute approximate surface area is 881 Å². The minimum Gasteiger partial charge on any atom is -0.724 e. The van der Waals surface area contributed by atoms with Gasteiger partial charge in [-0.3, -0.25) is 29.0 Å². The highest BCUT2D eigenvalue weighted by Crippen LogP contribution is 2.47. The molecule has 10 bridgehead atoms. The Morgan fingerprint density at radius 1 is 0.420 bits per heavy atom. The quantitative estimate of drug-likeness (QED) is 0.0119. The van der Waals surface area contributed by atoms with Gasteiger partial charge in [-0.05, 0) is 251 Å². The van der Waals surface area contributed by atoms with Crippen LogP contribution in [0, 0.1) is 53.3 Å². The van der Waals surface area contributed by atoms with Gasteiger partial charge in [0.15, 0.2) is 5.78 Å². The number of hydrogen-bond acceptors (Lipinski definition) is 30. The third-order valence-electron chi connectivity index (χ3n) is 33.2. The van der Waals surface area contributed by atoms with Crippen molar-refractivity contribution in [3.63, 3.8) is 0 Å². The van der Waals surface area contributed by atoms with E-state index in [4.69, 9.17) is 37.6 Å². The number of piperidine rings is 5. The highest BCUT2D eigenvalue weighted by molar-refractivity contribution is 7.81. The van der Waals surface area contributed by atoms with Crippen molar-refractivity contribution in [3.8, 4) is 0 Å². The molecule has 5 aliphatic carbocycles. The zero-order valence-electron chi connectivity index (χ0n) is 88.6. The van der Waals surface area contributed by atoms with E-state index in [1.54, 1.807) is 14.9 Å². The second kappa shape index (κ2) is 51.8. The van der Waals surface area contributed by atoms with Crippen LogP contribution in [-0.4, -0.2) is 276 Å². The molecule has 0 radical (unpaired) electrons. The number of aromatic nitrogens is 8. The topological polar surface area (TPSA) is 514 Å². The molecule has 10 aliphatic heterocycles. The van der Waals surface area contributed by atoms with Crippen molar-refractivity contribution in [2.75, 3.05) is 65.4 Å². The third kappa shape index (κ3) is 29.4. The molecule has 43 nitrogen and oxygen atoms in total. The standard InChI is InChI=1S/C23H31N3O4.C22H28N4O3.C16H36N.C15H22N4O6S.C15H22N4O3.C14H21N5O6S/c1-16-11-18(12-16)7-9-20(27)13-24-22(28)21-10-8-19-14-25(21)23(29)26(19)30-15-17-5-3-2-4-6-17;1-15-11-17(12-15)7-10-20-23-24-21(29-20)19-9-8-18-13-25(19)22(27)26(18)28-14-16-5-3-2-4-6-16;1-5-9-13-17(14-10-6-2,15-11-7-3)16-12-8-4;1-9-6-10(7-9)2-5-13-16-17-14(24-13)12-4-3-11-8-18(12)15(20)19(11)25-26(21,22)23;1-9-6-10(7-9)2-5-13-16-17-14(22-13)12-4-3-11-8-18(12)15(20)19(11)21;15-9-5-8(6-9)1-4-12-16-17-13(24-12)11-3-2-10-7-18(11)14(20)19(10)25-26(21,22)23/h2-6,16,18-19,21H,7-15H2,1H3,(H,24,28);2-6,15,17-19H,7-14H2,1H3;5-16H2,1-4H3;9-12H,2-8H2,1H3,(H,21,22,23);9-12,21H,2-8H2,1H3;8-11H,1-7,15H2,(H,21,22,23)/q;;+1;;;/p-1/t16?,18?,19-,21+;15?,17?,18-,19+;;2*9?,10?,11-,12+;8?,9?,10-,11+/m11.111/s1. The Morgan fingerprint density at radius 3 is 1.09 bits per heavy atom. The summed E-state index contributed by atoms with van der Waals surface area (Å²) in [5, 5.41) is 50.7. The Balaban J connectivity index is 0.000000129. The normalized spacial score (nSPS) is 28.3. The molecule has 828 valence electrons. The first-order chi connectivity index (χ1) is 72.1. The number of rotatable bonds is 44. The van der Waals surface area contributed by atoms with Gasteiger partial charge in [-0.2, -0.15) is 33.0 Å². The van der Waals surface area contributed by atoms with Crippen LogP contribution in [0.25, 0.3) is 0 Å². The summed E-state index contributed by atoms with van der Waals surface area (Å²) >= 11 is 0. The van der Waals surface area contributed by atoms with Crippen molar-refractivity contribution in [3.05, 3.63) is 119 Å². The van der Waals surface area contributed by atoms with Crippen LogP contribution >= 0.6 is 0 Å². The Kier molecular flexibility index (Phi) is 38.9. The van der Waals surface area contributed by atoms with Crippen LogP contribution < -0.4 is 11.1 Å². The number of quaternary nitrogens is 1. The maximum Gasteiger partial charge on any atom is 0.418 e. The molecule has 150 heavy (non-hydrogen) atoms. The number of ketones is 1. The molecular weight excluding hydrogens is 1970 g/mol. The number of amides is 11. The van der Waals surface area contributed by atoms with E-state index in [-0.39, 0.29) is 79.6 Å². The zero-order chi connectivity index (χ0) is 106. The number of hydrogen-bond donors (Lipinski definition) is 4. The number of nitrogens with two attached hydrogens (primary N) is 1. The number of nitrogens with zero attached hydrogens (tertiary/aromatic N) is 19. The van der Waals surface area contributed by atoms with Crippen LogP contribution in [0.1, 0.15) is 356 Å². The molecule has 14 heterocycles. The van der Waals surface area contributed by atoms with Gasteiger partial charge in [0, 0.05) is 70.9 Å². The molecule has 4 aromatic heterocycles. The molecule has 2 aromatic carbocycles. The fraction of sp³-hybridized carbons (Fsp3) is 0.743. The first-order valence-corrected chi connectivity index (χ1v) is 58.4. The third-order valence-corrected chi connectivity index (χ3v) is 33.9. The van der Waals surface area contributed by atoms with Crippen molar-refractivity contribution in [2.45, 2.75) is 379 Å². The molecule has 11 amide bonds. The van der Waals surface area contributed by atoms with Crippen LogP contribution in [0.3, 0.4) is 0 Å². The van der Waals surface area contributed by atoms with Crippen LogP contribution in [-0.2, 0) is 87.5 Å². The Morgan fingerprint density at radius 2 is 0.733 bits per heavy atom.